The molecule has 0 aliphatic rings. The minimum atomic E-state index is -0.821. The van der Waals surface area contributed by atoms with Crippen LogP contribution >= 0.6 is 22.6 Å². The lowest BCUT2D eigenvalue weighted by Crippen LogP contribution is -2.48. The molecule has 0 radical (unpaired) electrons. The topological polar surface area (TPSA) is 125 Å². The molecule has 0 bridgehead atoms. The highest BCUT2D eigenvalue weighted by Crippen LogP contribution is 2.09. The van der Waals surface area contributed by atoms with Crippen LogP contribution in [-0.2, 0) is 14.4 Å². The summed E-state index contributed by atoms with van der Waals surface area (Å²) in [5.41, 5.74) is 1.62. The summed E-state index contributed by atoms with van der Waals surface area (Å²) in [6.45, 7) is 5.29. The first-order valence-electron chi connectivity index (χ1n) is 10.4. The van der Waals surface area contributed by atoms with Crippen molar-refractivity contribution >= 4 is 46.6 Å². The number of hydrogen-bond acceptors (Lipinski definition) is 5. The molecule has 0 aliphatic carbocycles. The number of phenols is 1. The van der Waals surface area contributed by atoms with Crippen LogP contribution in [0, 0.1) is 6.92 Å². The summed E-state index contributed by atoms with van der Waals surface area (Å²) in [7, 11) is 0. The molecule has 1 atom stereocenters. The minimum Gasteiger partial charge on any atom is -0.508 e. The average molecular weight is 569 g/mol. The van der Waals surface area contributed by atoms with Gasteiger partial charge >= 0.3 is 0 Å². The number of aryl methyl sites for hydroxylation is 1. The van der Waals surface area contributed by atoms with E-state index in [2.05, 4.69) is 64.5 Å². The zero-order valence-electron chi connectivity index (χ0n) is 19.1. The molecule has 0 heterocycles. The van der Waals surface area contributed by atoms with Gasteiger partial charge in [-0.05, 0) is 49.0 Å². The maximum Gasteiger partial charge on any atom is 0.251 e. The molecule has 1 unspecified atom stereocenters. The summed E-state index contributed by atoms with van der Waals surface area (Å²) in [5, 5.41) is 16.2. The van der Waals surface area contributed by atoms with Gasteiger partial charge < -0.3 is 25.9 Å². The van der Waals surface area contributed by atoms with Crippen LogP contribution in [-0.4, -0.2) is 52.7 Å². The molecule has 0 spiro atoms. The second-order valence-electron chi connectivity index (χ2n) is 6.77. The summed E-state index contributed by atoms with van der Waals surface area (Å²) in [5.74, 6) is -1.48. The van der Waals surface area contributed by atoms with Crippen molar-refractivity contribution in [3.8, 4) is 5.75 Å². The summed E-state index contributed by atoms with van der Waals surface area (Å²) >= 11 is 2.35. The smallest absolute Gasteiger partial charge is 0.251 e. The van der Waals surface area contributed by atoms with Crippen molar-refractivity contribution < 1.29 is 24.3 Å². The van der Waals surface area contributed by atoms with Crippen LogP contribution in [0.15, 0.2) is 54.6 Å². The van der Waals surface area contributed by atoms with E-state index in [0.29, 0.717) is 11.8 Å². The second kappa shape index (κ2) is 18.6. The van der Waals surface area contributed by atoms with Gasteiger partial charge in [0.15, 0.2) is 0 Å². The molecule has 0 fully saturated rings. The van der Waals surface area contributed by atoms with Crippen molar-refractivity contribution in [1.29, 1.82) is 0 Å². The molecule has 2 aromatic rings. The fourth-order valence-electron chi connectivity index (χ4n) is 2.06. The Morgan fingerprint density at radius 1 is 1.03 bits per heavy atom. The van der Waals surface area contributed by atoms with E-state index in [-0.39, 0.29) is 18.8 Å². The largest absolute Gasteiger partial charge is 0.508 e. The maximum absolute atomic E-state index is 11.7. The zero-order chi connectivity index (χ0) is 25.1. The van der Waals surface area contributed by atoms with Gasteiger partial charge in [0.25, 0.3) is 5.91 Å². The van der Waals surface area contributed by atoms with Crippen molar-refractivity contribution in [3.05, 3.63) is 65.7 Å². The predicted molar refractivity (Wildman–Crippen MR) is 137 cm³/mol. The third kappa shape index (κ3) is 15.5. The van der Waals surface area contributed by atoms with Crippen molar-refractivity contribution in [3.63, 3.8) is 0 Å². The van der Waals surface area contributed by atoms with Crippen LogP contribution in [0.4, 0.5) is 0 Å². The van der Waals surface area contributed by atoms with Gasteiger partial charge in [-0.15, -0.1) is 0 Å². The lowest BCUT2D eigenvalue weighted by atomic mass is 10.2. The Hall–Kier alpha value is -2.95. The van der Waals surface area contributed by atoms with Crippen molar-refractivity contribution in [2.45, 2.75) is 33.2 Å². The summed E-state index contributed by atoms with van der Waals surface area (Å²) < 4.78 is 1.29. The highest BCUT2D eigenvalue weighted by atomic mass is 127. The summed E-state index contributed by atoms with van der Waals surface area (Å²) in [6, 6.07) is 15.0. The van der Waals surface area contributed by atoms with E-state index in [1.807, 2.05) is 18.2 Å². The number of halogens is 1. The Morgan fingerprint density at radius 3 is 2.06 bits per heavy atom. The Morgan fingerprint density at radius 2 is 1.61 bits per heavy atom. The molecule has 0 aromatic heterocycles. The van der Waals surface area contributed by atoms with Crippen molar-refractivity contribution in [2.75, 3.05) is 17.5 Å². The van der Waals surface area contributed by atoms with Gasteiger partial charge in [0.05, 0.1) is 13.1 Å². The number of carbonyl (C=O) groups is 4. The molecule has 3 amide bonds. The predicted octanol–water partition coefficient (Wildman–Crippen LogP) is 2.77. The molecule has 0 aliphatic heterocycles. The maximum atomic E-state index is 11.7. The Labute approximate surface area is 208 Å². The monoisotopic (exact) mass is 569 g/mol. The lowest BCUT2D eigenvalue weighted by molar-refractivity contribution is -0.128. The van der Waals surface area contributed by atoms with Crippen LogP contribution < -0.4 is 16.0 Å². The number of amides is 3. The van der Waals surface area contributed by atoms with Gasteiger partial charge in [-0.3, -0.25) is 14.4 Å². The lowest BCUT2D eigenvalue weighted by Gasteiger charge is -2.13. The van der Waals surface area contributed by atoms with E-state index in [1.54, 1.807) is 0 Å². The number of nitrogens with one attached hydrogen (secondary N) is 3. The zero-order valence-corrected chi connectivity index (χ0v) is 21.3. The fourth-order valence-corrected chi connectivity index (χ4v) is 2.06. The Balaban J connectivity index is 0.000000759. The van der Waals surface area contributed by atoms with Gasteiger partial charge in [-0.1, -0.05) is 65.4 Å². The molecule has 4 N–H and O–H groups in total. The summed E-state index contributed by atoms with van der Waals surface area (Å²) in [6.07, 6.45) is 1.84. The number of carbonyl (C=O) groups excluding carboxylic acids is 4. The van der Waals surface area contributed by atoms with E-state index < -0.39 is 23.8 Å². The van der Waals surface area contributed by atoms with Crippen LogP contribution in [0.3, 0.4) is 0 Å². The Kier molecular flexibility index (Phi) is 16.9. The van der Waals surface area contributed by atoms with Crippen molar-refractivity contribution in [1.82, 2.24) is 16.0 Å². The molecule has 0 saturated carbocycles. The van der Waals surface area contributed by atoms with Gasteiger partial charge in [0.1, 0.15) is 18.1 Å². The normalized spacial score (nSPS) is 10.2. The van der Waals surface area contributed by atoms with Crippen molar-refractivity contribution in [2.24, 2.45) is 0 Å². The van der Waals surface area contributed by atoms with Gasteiger partial charge in [-0.2, -0.15) is 0 Å². The number of hydrogen-bond donors (Lipinski definition) is 4. The third-order valence-electron chi connectivity index (χ3n) is 3.80. The van der Waals surface area contributed by atoms with Crippen LogP contribution in [0.25, 0.3) is 0 Å². The van der Waals surface area contributed by atoms with Crippen LogP contribution in [0.5, 0.6) is 5.75 Å². The van der Waals surface area contributed by atoms with E-state index in [1.165, 1.54) is 47.6 Å². The third-order valence-corrected chi connectivity index (χ3v) is 4.88. The number of aromatic hydroxyl groups is 1. The molecular weight excluding hydrogens is 537 g/mol. The molecular formula is C24H32IN3O5. The van der Waals surface area contributed by atoms with Gasteiger partial charge in [0, 0.05) is 5.56 Å². The minimum absolute atomic E-state index is 0.0319. The molecule has 2 rings (SSSR count). The van der Waals surface area contributed by atoms with Crippen LogP contribution in [0.2, 0.25) is 0 Å². The van der Waals surface area contributed by atoms with E-state index in [9.17, 15) is 19.2 Å². The fraction of sp³-hybridized carbons (Fsp3) is 0.333. The van der Waals surface area contributed by atoms with E-state index >= 15 is 0 Å². The number of alkyl halides is 1. The standard InChI is InChI=1S/C14H17N3O5.C7H8.C3H7I/c1-9(13(21)15-6-7-18)17-12(20)8-16-14(22)10-2-4-11(19)5-3-10;1-7-5-3-2-4-6-7;1-2-3-4/h2-5,7,9,19H,6,8H2,1H3,(H,15,21)(H,16,22)(H,17,20);2-6H,1H3;2-3H2,1H3. The highest BCUT2D eigenvalue weighted by Gasteiger charge is 2.15. The van der Waals surface area contributed by atoms with E-state index in [4.69, 9.17) is 5.11 Å². The number of rotatable bonds is 8. The molecule has 33 heavy (non-hydrogen) atoms. The van der Waals surface area contributed by atoms with Crippen LogP contribution in [0.1, 0.15) is 36.2 Å². The molecule has 9 heteroatoms. The molecule has 2 aromatic carbocycles. The quantitative estimate of drug-likeness (QED) is 0.221. The second-order valence-corrected chi connectivity index (χ2v) is 7.85. The molecule has 8 nitrogen and oxygen atoms in total. The first-order valence-corrected chi connectivity index (χ1v) is 11.9. The first-order chi connectivity index (χ1) is 15.7. The molecule has 180 valence electrons. The first kappa shape index (κ1) is 30.0. The highest BCUT2D eigenvalue weighted by molar-refractivity contribution is 14.1. The van der Waals surface area contributed by atoms with E-state index in [0.717, 1.165) is 0 Å². The summed E-state index contributed by atoms with van der Waals surface area (Å²) in [4.78, 5) is 44.9. The van der Waals surface area contributed by atoms with Gasteiger partial charge in [-0.25, -0.2) is 0 Å². The van der Waals surface area contributed by atoms with Gasteiger partial charge in [0.2, 0.25) is 11.8 Å². The number of phenolic OH excluding ortho intramolecular Hbond substituents is 1. The Bertz CT molecular complexity index is 843. The SMILES string of the molecule is CC(NC(=O)CNC(=O)c1ccc(O)cc1)C(=O)NCC=O.CCCI.Cc1ccccc1. The number of benzene rings is 2. The molecule has 0 saturated heterocycles. The number of aldehydes is 1. The average Bonchev–Trinajstić information content (AvgIpc) is 2.82.